The Labute approximate surface area is 110 Å². The van der Waals surface area contributed by atoms with Crippen molar-refractivity contribution < 1.29 is 9.31 Å². The van der Waals surface area contributed by atoms with Crippen LogP contribution in [0.5, 0.6) is 0 Å². The molecular formula is C12H8FN3O4. The topological polar surface area (TPSA) is 109 Å². The maximum Gasteiger partial charge on any atom is 0.357 e. The Bertz CT molecular complexity index is 807. The minimum absolute atomic E-state index is 0.169. The highest BCUT2D eigenvalue weighted by Crippen LogP contribution is 2.14. The van der Waals surface area contributed by atoms with Crippen LogP contribution in [0.2, 0.25) is 0 Å². The molecule has 0 aliphatic carbocycles. The van der Waals surface area contributed by atoms with Gasteiger partial charge in [-0.25, -0.2) is 9.18 Å². The minimum Gasteiger partial charge on any atom is -0.301 e. The van der Waals surface area contributed by atoms with E-state index in [9.17, 15) is 24.1 Å². The van der Waals surface area contributed by atoms with Crippen LogP contribution in [0.1, 0.15) is 11.3 Å². The predicted molar refractivity (Wildman–Crippen MR) is 69.7 cm³/mol. The zero-order valence-corrected chi connectivity index (χ0v) is 9.92. The molecule has 1 heterocycles. The lowest BCUT2D eigenvalue weighted by Crippen LogP contribution is -2.25. The number of nitrogens with one attached hydrogen (secondary N) is 2. The SMILES string of the molecule is O=c1[nH]c(C=Cc2ccccc2F)c([N+](=O)[O-])c(=O)[nH]1. The van der Waals surface area contributed by atoms with Crippen LogP contribution in [-0.4, -0.2) is 14.9 Å². The van der Waals surface area contributed by atoms with Crippen LogP contribution >= 0.6 is 0 Å². The van der Waals surface area contributed by atoms with Crippen molar-refractivity contribution in [3.63, 3.8) is 0 Å². The number of benzene rings is 1. The second-order valence-electron chi connectivity index (χ2n) is 3.78. The number of aromatic amines is 2. The lowest BCUT2D eigenvalue weighted by Gasteiger charge is -1.97. The highest BCUT2D eigenvalue weighted by Gasteiger charge is 2.18. The summed E-state index contributed by atoms with van der Waals surface area (Å²) in [6.45, 7) is 0. The summed E-state index contributed by atoms with van der Waals surface area (Å²) in [4.78, 5) is 36.2. The van der Waals surface area contributed by atoms with E-state index >= 15 is 0 Å². The molecule has 2 rings (SSSR count). The molecule has 0 amide bonds. The van der Waals surface area contributed by atoms with Crippen LogP contribution in [0.4, 0.5) is 10.1 Å². The summed E-state index contributed by atoms with van der Waals surface area (Å²) in [7, 11) is 0. The summed E-state index contributed by atoms with van der Waals surface area (Å²) < 4.78 is 13.4. The summed E-state index contributed by atoms with van der Waals surface area (Å²) in [6.07, 6.45) is 2.33. The molecule has 0 radical (unpaired) electrons. The number of hydrogen-bond donors (Lipinski definition) is 2. The number of aromatic nitrogens is 2. The van der Waals surface area contributed by atoms with Crippen molar-refractivity contribution in [3.8, 4) is 0 Å². The van der Waals surface area contributed by atoms with Crippen molar-refractivity contribution in [1.82, 2.24) is 9.97 Å². The van der Waals surface area contributed by atoms with Gasteiger partial charge in [0.25, 0.3) is 0 Å². The van der Waals surface area contributed by atoms with Gasteiger partial charge in [0.15, 0.2) is 0 Å². The summed E-state index contributed by atoms with van der Waals surface area (Å²) in [5.74, 6) is -0.529. The first-order valence-corrected chi connectivity index (χ1v) is 5.42. The van der Waals surface area contributed by atoms with Gasteiger partial charge in [-0.3, -0.25) is 19.9 Å². The van der Waals surface area contributed by atoms with Crippen molar-refractivity contribution in [2.45, 2.75) is 0 Å². The Morgan fingerprint density at radius 1 is 1.15 bits per heavy atom. The first kappa shape index (κ1) is 13.4. The normalized spacial score (nSPS) is 10.8. The van der Waals surface area contributed by atoms with Crippen LogP contribution in [-0.2, 0) is 0 Å². The smallest absolute Gasteiger partial charge is 0.301 e. The minimum atomic E-state index is -1.12. The first-order valence-electron chi connectivity index (χ1n) is 5.42. The molecule has 0 saturated carbocycles. The Morgan fingerprint density at radius 3 is 2.50 bits per heavy atom. The monoisotopic (exact) mass is 277 g/mol. The quantitative estimate of drug-likeness (QED) is 0.650. The molecule has 0 unspecified atom stereocenters. The molecule has 0 spiro atoms. The van der Waals surface area contributed by atoms with Crippen LogP contribution < -0.4 is 11.2 Å². The van der Waals surface area contributed by atoms with Crippen LogP contribution in [0.15, 0.2) is 33.9 Å². The van der Waals surface area contributed by atoms with Gasteiger partial charge in [0, 0.05) is 5.56 Å². The number of halogens is 1. The Kier molecular flexibility index (Phi) is 3.56. The van der Waals surface area contributed by atoms with Gasteiger partial charge in [0.2, 0.25) is 0 Å². The molecule has 0 aliphatic heterocycles. The average molecular weight is 277 g/mol. The lowest BCUT2D eigenvalue weighted by molar-refractivity contribution is -0.386. The van der Waals surface area contributed by atoms with E-state index in [-0.39, 0.29) is 11.3 Å². The highest BCUT2D eigenvalue weighted by molar-refractivity contribution is 5.71. The molecule has 0 atom stereocenters. The average Bonchev–Trinajstić information content (AvgIpc) is 2.36. The van der Waals surface area contributed by atoms with Gasteiger partial charge in [0.05, 0.1) is 4.92 Å². The van der Waals surface area contributed by atoms with Gasteiger partial charge in [0.1, 0.15) is 11.5 Å². The van der Waals surface area contributed by atoms with Crippen molar-refractivity contribution in [2.24, 2.45) is 0 Å². The molecule has 2 aromatic rings. The molecule has 20 heavy (non-hydrogen) atoms. The van der Waals surface area contributed by atoms with Crippen molar-refractivity contribution in [3.05, 3.63) is 72.3 Å². The van der Waals surface area contributed by atoms with Crippen LogP contribution in [0, 0.1) is 15.9 Å². The van der Waals surface area contributed by atoms with Gasteiger partial charge < -0.3 is 4.98 Å². The van der Waals surface area contributed by atoms with Crippen molar-refractivity contribution in [1.29, 1.82) is 0 Å². The van der Waals surface area contributed by atoms with E-state index in [1.165, 1.54) is 24.3 Å². The van der Waals surface area contributed by atoms with E-state index in [1.54, 1.807) is 11.1 Å². The first-order chi connectivity index (χ1) is 9.49. The van der Waals surface area contributed by atoms with Crippen LogP contribution in [0.25, 0.3) is 12.2 Å². The maximum atomic E-state index is 13.4. The summed E-state index contributed by atoms with van der Waals surface area (Å²) in [6, 6.07) is 5.74. The molecule has 7 nitrogen and oxygen atoms in total. The Morgan fingerprint density at radius 2 is 1.85 bits per heavy atom. The predicted octanol–water partition coefficient (Wildman–Crippen LogP) is 1.28. The molecule has 8 heteroatoms. The fourth-order valence-electron chi connectivity index (χ4n) is 1.58. The zero-order chi connectivity index (χ0) is 14.7. The van der Waals surface area contributed by atoms with Gasteiger partial charge in [-0.05, 0) is 18.2 Å². The van der Waals surface area contributed by atoms with E-state index in [4.69, 9.17) is 0 Å². The molecule has 102 valence electrons. The molecule has 1 aromatic carbocycles. The van der Waals surface area contributed by atoms with Gasteiger partial charge in [-0.2, -0.15) is 0 Å². The third-order valence-electron chi connectivity index (χ3n) is 2.46. The van der Waals surface area contributed by atoms with Gasteiger partial charge in [-0.1, -0.05) is 18.2 Å². The van der Waals surface area contributed by atoms with Crippen molar-refractivity contribution >= 4 is 17.8 Å². The molecule has 2 N–H and O–H groups in total. The van der Waals surface area contributed by atoms with E-state index in [2.05, 4.69) is 4.98 Å². The zero-order valence-electron chi connectivity index (χ0n) is 9.92. The molecule has 0 saturated heterocycles. The second kappa shape index (κ2) is 5.31. The van der Waals surface area contributed by atoms with Gasteiger partial charge >= 0.3 is 16.9 Å². The van der Waals surface area contributed by atoms with E-state index in [1.807, 2.05) is 0 Å². The molecule has 0 fully saturated rings. The third kappa shape index (κ3) is 2.69. The number of H-pyrrole nitrogens is 2. The highest BCUT2D eigenvalue weighted by atomic mass is 19.1. The number of hydrogen-bond acceptors (Lipinski definition) is 4. The van der Waals surface area contributed by atoms with E-state index < -0.39 is 27.7 Å². The Hall–Kier alpha value is -3.03. The Balaban J connectivity index is 2.54. The van der Waals surface area contributed by atoms with E-state index in [0.717, 1.165) is 6.08 Å². The number of nitrogens with zero attached hydrogens (tertiary/aromatic N) is 1. The van der Waals surface area contributed by atoms with E-state index in [0.29, 0.717) is 0 Å². The third-order valence-corrected chi connectivity index (χ3v) is 2.46. The molecular weight excluding hydrogens is 269 g/mol. The van der Waals surface area contributed by atoms with Crippen molar-refractivity contribution in [2.75, 3.05) is 0 Å². The fourth-order valence-corrected chi connectivity index (χ4v) is 1.58. The number of rotatable bonds is 3. The summed E-state index contributed by atoms with van der Waals surface area (Å²) in [5, 5.41) is 10.8. The van der Waals surface area contributed by atoms with Crippen LogP contribution in [0.3, 0.4) is 0 Å². The lowest BCUT2D eigenvalue weighted by atomic mass is 10.2. The molecule has 1 aromatic heterocycles. The maximum absolute atomic E-state index is 13.4. The summed E-state index contributed by atoms with van der Waals surface area (Å²) in [5.41, 5.74) is -2.94. The molecule has 0 bridgehead atoms. The van der Waals surface area contributed by atoms with Gasteiger partial charge in [-0.15, -0.1) is 0 Å². The second-order valence-corrected chi connectivity index (χ2v) is 3.78. The molecule has 0 aliphatic rings. The largest absolute Gasteiger partial charge is 0.357 e. The standard InChI is InChI=1S/C12H8FN3O4/c13-8-4-2-1-3-7(8)5-6-9-10(16(19)20)11(17)15-12(18)14-9/h1-6H,(H2,14,15,17,18). The number of nitro groups is 1. The summed E-state index contributed by atoms with van der Waals surface area (Å²) >= 11 is 0. The fraction of sp³-hybridized carbons (Fsp3) is 0.